The summed E-state index contributed by atoms with van der Waals surface area (Å²) in [6, 6.07) is 22.3. The Balaban J connectivity index is 1.56. The number of thiazole rings is 1. The van der Waals surface area contributed by atoms with Crippen LogP contribution in [0.2, 0.25) is 0 Å². The molecule has 2 heterocycles. The Morgan fingerprint density at radius 1 is 0.950 bits per heavy atom. The van der Waals surface area contributed by atoms with E-state index in [1.807, 2.05) is 36.4 Å². The molecule has 1 unspecified atom stereocenters. The van der Waals surface area contributed by atoms with Gasteiger partial charge in [0.1, 0.15) is 5.75 Å². The molecule has 1 aliphatic heterocycles. The van der Waals surface area contributed by atoms with Crippen LogP contribution < -0.4 is 19.6 Å². The summed E-state index contributed by atoms with van der Waals surface area (Å²) in [5, 5.41) is 0. The highest BCUT2D eigenvalue weighted by molar-refractivity contribution is 9.10. The van der Waals surface area contributed by atoms with Gasteiger partial charge in [-0.05, 0) is 84.0 Å². The third-order valence-electron chi connectivity index (χ3n) is 6.95. The van der Waals surface area contributed by atoms with Crippen LogP contribution in [-0.2, 0) is 0 Å². The Labute approximate surface area is 249 Å². The van der Waals surface area contributed by atoms with Crippen molar-refractivity contribution in [2.24, 2.45) is 4.99 Å². The van der Waals surface area contributed by atoms with Crippen molar-refractivity contribution in [3.05, 3.63) is 135 Å². The maximum atomic E-state index is 13.9. The van der Waals surface area contributed by atoms with Crippen LogP contribution in [0.25, 0.3) is 12.2 Å². The van der Waals surface area contributed by atoms with E-state index in [0.717, 1.165) is 56.2 Å². The van der Waals surface area contributed by atoms with Crippen molar-refractivity contribution >= 4 is 55.3 Å². The molecule has 1 aliphatic carbocycles. The molecule has 0 spiro atoms. The third-order valence-corrected chi connectivity index (χ3v) is 8.99. The number of ether oxygens (including phenoxy) is 1. The Bertz CT molecular complexity index is 1820. The van der Waals surface area contributed by atoms with E-state index >= 15 is 0 Å². The number of fused-ring (bicyclic) bond motifs is 1. The van der Waals surface area contributed by atoms with E-state index < -0.39 is 6.61 Å². The second-order valence-corrected chi connectivity index (χ2v) is 12.3. The summed E-state index contributed by atoms with van der Waals surface area (Å²) in [7, 11) is 0. The van der Waals surface area contributed by atoms with E-state index in [1.165, 1.54) is 17.4 Å². The van der Waals surface area contributed by atoms with Gasteiger partial charge in [0, 0.05) is 14.5 Å². The minimum Gasteiger partial charge on any atom is -0.434 e. The standard InChI is InChI=1S/C31H22Br2F2N2O2S/c32-22-12-8-18(9-13-22)16-21-5-3-6-24-27(21)36-31-37(28(24)19-10-14-23(33)15-11-19)29(38)26(40-31)17-20-4-1-2-7-25(20)39-30(34)35/h1-2,4,7-17,28,30H,3,5-6H2. The van der Waals surface area contributed by atoms with E-state index in [9.17, 15) is 13.6 Å². The summed E-state index contributed by atoms with van der Waals surface area (Å²) in [5.74, 6) is 0.0202. The van der Waals surface area contributed by atoms with Crippen molar-refractivity contribution < 1.29 is 13.5 Å². The third kappa shape index (κ3) is 5.42. The highest BCUT2D eigenvalue weighted by Gasteiger charge is 2.32. The van der Waals surface area contributed by atoms with E-state index in [-0.39, 0.29) is 17.4 Å². The maximum absolute atomic E-state index is 13.9. The number of nitrogens with zero attached hydrogens (tertiary/aromatic N) is 2. The smallest absolute Gasteiger partial charge is 0.387 e. The van der Waals surface area contributed by atoms with Crippen LogP contribution in [0.3, 0.4) is 0 Å². The van der Waals surface area contributed by atoms with Gasteiger partial charge in [-0.2, -0.15) is 8.78 Å². The van der Waals surface area contributed by atoms with E-state index in [4.69, 9.17) is 9.73 Å². The number of halogens is 4. The van der Waals surface area contributed by atoms with Crippen LogP contribution in [0.15, 0.2) is 108 Å². The van der Waals surface area contributed by atoms with Crippen molar-refractivity contribution in [1.82, 2.24) is 4.57 Å². The van der Waals surface area contributed by atoms with Crippen LogP contribution in [0.1, 0.15) is 42.0 Å². The molecule has 0 saturated carbocycles. The fourth-order valence-corrected chi connectivity index (χ4v) is 6.73. The van der Waals surface area contributed by atoms with Crippen LogP contribution >= 0.6 is 43.2 Å². The van der Waals surface area contributed by atoms with Gasteiger partial charge in [0.2, 0.25) is 0 Å². The number of hydrogen-bond acceptors (Lipinski definition) is 4. The van der Waals surface area contributed by atoms with E-state index in [2.05, 4.69) is 50.1 Å². The zero-order valence-corrected chi connectivity index (χ0v) is 25.0. The first kappa shape index (κ1) is 27.1. The van der Waals surface area contributed by atoms with Gasteiger partial charge in [-0.15, -0.1) is 0 Å². The first-order chi connectivity index (χ1) is 19.4. The molecular formula is C31H22Br2F2N2O2S. The summed E-state index contributed by atoms with van der Waals surface area (Å²) in [6.45, 7) is -2.96. The van der Waals surface area contributed by atoms with Gasteiger partial charge in [0.25, 0.3) is 5.56 Å². The molecule has 0 N–H and O–H groups in total. The van der Waals surface area contributed by atoms with Gasteiger partial charge in [-0.1, -0.05) is 85.7 Å². The molecule has 9 heteroatoms. The summed E-state index contributed by atoms with van der Waals surface area (Å²) in [6.07, 6.45) is 6.45. The molecule has 1 aromatic heterocycles. The summed E-state index contributed by atoms with van der Waals surface area (Å²) < 4.78 is 34.9. The Hall–Kier alpha value is -3.14. The van der Waals surface area contributed by atoms with E-state index in [0.29, 0.717) is 14.9 Å². The lowest BCUT2D eigenvalue weighted by Crippen LogP contribution is -2.39. The molecule has 0 saturated heterocycles. The summed E-state index contributed by atoms with van der Waals surface area (Å²) in [5.41, 5.74) is 5.45. The predicted molar refractivity (Wildman–Crippen MR) is 161 cm³/mol. The molecule has 0 bridgehead atoms. The zero-order chi connectivity index (χ0) is 27.8. The van der Waals surface area contributed by atoms with Crippen LogP contribution in [0.5, 0.6) is 5.75 Å². The van der Waals surface area contributed by atoms with Gasteiger partial charge in [0.15, 0.2) is 4.80 Å². The topological polar surface area (TPSA) is 43.6 Å². The number of hydrogen-bond donors (Lipinski definition) is 0. The number of aromatic nitrogens is 1. The quantitative estimate of drug-likeness (QED) is 0.217. The molecule has 40 heavy (non-hydrogen) atoms. The Morgan fingerprint density at radius 3 is 2.38 bits per heavy atom. The molecule has 2 aliphatic rings. The molecule has 4 aromatic rings. The van der Waals surface area contributed by atoms with Crippen molar-refractivity contribution in [2.75, 3.05) is 0 Å². The van der Waals surface area contributed by atoms with Crippen LogP contribution in [0, 0.1) is 0 Å². The van der Waals surface area contributed by atoms with Gasteiger partial charge in [0.05, 0.1) is 16.3 Å². The first-order valence-corrected chi connectivity index (χ1v) is 15.1. The summed E-state index contributed by atoms with van der Waals surface area (Å²) >= 11 is 8.28. The number of benzene rings is 3. The second kappa shape index (κ2) is 11.4. The van der Waals surface area contributed by atoms with Crippen molar-refractivity contribution in [3.8, 4) is 5.75 Å². The molecule has 0 amide bonds. The minimum absolute atomic E-state index is 0.0202. The van der Waals surface area contributed by atoms with E-state index in [1.54, 1.807) is 28.8 Å². The average Bonchev–Trinajstić information content (AvgIpc) is 3.25. The lowest BCUT2D eigenvalue weighted by Gasteiger charge is -2.31. The molecular weight excluding hydrogens is 662 g/mol. The normalized spacial score (nSPS) is 18.1. The molecule has 3 aromatic carbocycles. The lowest BCUT2D eigenvalue weighted by atomic mass is 9.84. The van der Waals surface area contributed by atoms with Gasteiger partial charge >= 0.3 is 6.61 Å². The fourth-order valence-electron chi connectivity index (χ4n) is 5.21. The minimum atomic E-state index is -2.96. The van der Waals surface area contributed by atoms with Gasteiger partial charge < -0.3 is 4.74 Å². The first-order valence-electron chi connectivity index (χ1n) is 12.7. The highest BCUT2D eigenvalue weighted by Crippen LogP contribution is 2.41. The predicted octanol–water partition coefficient (Wildman–Crippen LogP) is 7.61. The number of rotatable bonds is 5. The number of para-hydroxylation sites is 1. The molecule has 202 valence electrons. The molecule has 1 atom stereocenters. The monoisotopic (exact) mass is 682 g/mol. The Kier molecular flexibility index (Phi) is 7.70. The number of allylic oxidation sites excluding steroid dienone is 2. The average molecular weight is 684 g/mol. The number of alkyl halides is 2. The van der Waals surface area contributed by atoms with Crippen LogP contribution in [-0.4, -0.2) is 11.2 Å². The zero-order valence-electron chi connectivity index (χ0n) is 21.0. The SMILES string of the molecule is O=c1c(=Cc2ccccc2OC(F)F)sc2n1C(c1ccc(Br)cc1)C1=C(N=2)C(=Cc2ccc(Br)cc2)CCC1. The summed E-state index contributed by atoms with van der Waals surface area (Å²) in [4.78, 5) is 19.6. The van der Waals surface area contributed by atoms with Crippen LogP contribution in [0.4, 0.5) is 8.78 Å². The fraction of sp³-hybridized carbons (Fsp3) is 0.161. The lowest BCUT2D eigenvalue weighted by molar-refractivity contribution is -0.0499. The second-order valence-electron chi connectivity index (χ2n) is 9.50. The Morgan fingerprint density at radius 2 is 1.65 bits per heavy atom. The van der Waals surface area contributed by atoms with Crippen molar-refractivity contribution in [3.63, 3.8) is 0 Å². The van der Waals surface area contributed by atoms with Gasteiger partial charge in [-0.3, -0.25) is 9.36 Å². The maximum Gasteiger partial charge on any atom is 0.387 e. The largest absolute Gasteiger partial charge is 0.434 e. The molecule has 0 radical (unpaired) electrons. The van der Waals surface area contributed by atoms with Crippen molar-refractivity contribution in [2.45, 2.75) is 31.9 Å². The van der Waals surface area contributed by atoms with Crippen molar-refractivity contribution in [1.29, 1.82) is 0 Å². The molecule has 6 rings (SSSR count). The van der Waals surface area contributed by atoms with Gasteiger partial charge in [-0.25, -0.2) is 4.99 Å². The highest BCUT2D eigenvalue weighted by atomic mass is 79.9. The molecule has 0 fully saturated rings. The molecule has 4 nitrogen and oxygen atoms in total.